The molecule has 2 aliphatic rings. The van der Waals surface area contributed by atoms with E-state index in [9.17, 15) is 9.59 Å². The third kappa shape index (κ3) is 2.35. The molecule has 0 bridgehead atoms. The lowest BCUT2D eigenvalue weighted by atomic mass is 10.2. The van der Waals surface area contributed by atoms with Crippen molar-refractivity contribution in [2.75, 3.05) is 26.2 Å². The number of hydrogen-bond acceptors (Lipinski definition) is 6. The molecule has 2 amide bonds. The van der Waals surface area contributed by atoms with E-state index in [0.29, 0.717) is 39.2 Å². The highest BCUT2D eigenvalue weighted by molar-refractivity contribution is 5.77. The highest BCUT2D eigenvalue weighted by atomic mass is 16.6. The fourth-order valence-corrected chi connectivity index (χ4v) is 2.37. The fourth-order valence-electron chi connectivity index (χ4n) is 2.37. The van der Waals surface area contributed by atoms with Gasteiger partial charge in [0, 0.05) is 26.1 Å². The molecular weight excluding hydrogens is 252 g/mol. The molecule has 1 aromatic heterocycles. The second-order valence-corrected chi connectivity index (χ2v) is 4.59. The smallest absolute Gasteiger partial charge is 0.410 e. The van der Waals surface area contributed by atoms with Gasteiger partial charge in [-0.3, -0.25) is 9.69 Å². The molecule has 0 spiro atoms. The van der Waals surface area contributed by atoms with Crippen LogP contribution < -0.4 is 0 Å². The van der Waals surface area contributed by atoms with Crippen LogP contribution in [0.5, 0.6) is 0 Å². The number of amides is 2. The number of aryl methyl sites for hydroxylation is 1. The van der Waals surface area contributed by atoms with Crippen molar-refractivity contribution in [3.05, 3.63) is 6.33 Å². The number of ether oxygens (including phenoxy) is 1. The highest BCUT2D eigenvalue weighted by Gasteiger charge is 2.38. The van der Waals surface area contributed by atoms with Crippen LogP contribution in [0.25, 0.3) is 0 Å². The van der Waals surface area contributed by atoms with Gasteiger partial charge in [0.15, 0.2) is 0 Å². The lowest BCUT2D eigenvalue weighted by Gasteiger charge is -2.35. The first kappa shape index (κ1) is 11.9. The van der Waals surface area contributed by atoms with Crippen molar-refractivity contribution in [2.24, 2.45) is 0 Å². The zero-order valence-electron chi connectivity index (χ0n) is 10.3. The van der Waals surface area contributed by atoms with Gasteiger partial charge in [0.1, 0.15) is 12.9 Å². The Morgan fingerprint density at radius 1 is 1.47 bits per heavy atom. The van der Waals surface area contributed by atoms with Crippen LogP contribution in [0.2, 0.25) is 0 Å². The van der Waals surface area contributed by atoms with E-state index in [1.54, 1.807) is 9.80 Å². The van der Waals surface area contributed by atoms with E-state index < -0.39 is 0 Å². The van der Waals surface area contributed by atoms with E-state index in [2.05, 4.69) is 15.5 Å². The molecule has 2 aliphatic heterocycles. The summed E-state index contributed by atoms with van der Waals surface area (Å²) in [5.74, 6) is 0.0505. The van der Waals surface area contributed by atoms with Gasteiger partial charge in [0.25, 0.3) is 0 Å². The Morgan fingerprint density at radius 3 is 3.16 bits per heavy atom. The first-order chi connectivity index (χ1) is 9.24. The van der Waals surface area contributed by atoms with E-state index in [4.69, 9.17) is 4.74 Å². The molecule has 9 nitrogen and oxygen atoms in total. The van der Waals surface area contributed by atoms with E-state index in [-0.39, 0.29) is 18.0 Å². The van der Waals surface area contributed by atoms with Gasteiger partial charge in [-0.05, 0) is 10.4 Å². The summed E-state index contributed by atoms with van der Waals surface area (Å²) in [4.78, 5) is 26.9. The van der Waals surface area contributed by atoms with Crippen LogP contribution in [0.3, 0.4) is 0 Å². The maximum absolute atomic E-state index is 12.1. The molecule has 0 unspecified atom stereocenters. The van der Waals surface area contributed by atoms with Crippen molar-refractivity contribution < 1.29 is 14.3 Å². The van der Waals surface area contributed by atoms with Gasteiger partial charge < -0.3 is 9.64 Å². The summed E-state index contributed by atoms with van der Waals surface area (Å²) >= 11 is 0. The molecule has 2 fully saturated rings. The molecule has 0 N–H and O–H groups in total. The summed E-state index contributed by atoms with van der Waals surface area (Å²) < 4.78 is 6.49. The van der Waals surface area contributed by atoms with Gasteiger partial charge in [-0.15, -0.1) is 5.10 Å². The second kappa shape index (κ2) is 4.82. The summed E-state index contributed by atoms with van der Waals surface area (Å²) in [5, 5.41) is 10.7. The molecule has 19 heavy (non-hydrogen) atoms. The van der Waals surface area contributed by atoms with Crippen LogP contribution in [-0.4, -0.2) is 74.3 Å². The van der Waals surface area contributed by atoms with Gasteiger partial charge in [0.2, 0.25) is 5.91 Å². The Bertz CT molecular complexity index is 476. The maximum atomic E-state index is 12.1. The standard InChI is InChI=1S/C10H14N6O3/c17-9(1-2-15-7-11-12-13-15)14-3-4-16-8(5-14)6-19-10(16)18/h7-8H,1-6H2/t8-/m1/s1. The molecule has 2 saturated heterocycles. The third-order valence-electron chi connectivity index (χ3n) is 3.42. The van der Waals surface area contributed by atoms with Crippen molar-refractivity contribution in [1.82, 2.24) is 30.0 Å². The monoisotopic (exact) mass is 266 g/mol. The van der Waals surface area contributed by atoms with Crippen LogP contribution in [0, 0.1) is 0 Å². The lowest BCUT2D eigenvalue weighted by molar-refractivity contribution is -0.133. The van der Waals surface area contributed by atoms with Crippen molar-refractivity contribution in [1.29, 1.82) is 0 Å². The summed E-state index contributed by atoms with van der Waals surface area (Å²) in [5.41, 5.74) is 0. The average molecular weight is 266 g/mol. The lowest BCUT2D eigenvalue weighted by Crippen LogP contribution is -2.53. The minimum absolute atomic E-state index is 0.00163. The van der Waals surface area contributed by atoms with Gasteiger partial charge in [-0.25, -0.2) is 9.48 Å². The number of hydrogen-bond donors (Lipinski definition) is 0. The summed E-state index contributed by atoms with van der Waals surface area (Å²) in [6.45, 7) is 2.47. The number of cyclic esters (lactones) is 1. The SMILES string of the molecule is O=C(CCn1cnnn1)N1CCN2C(=O)OC[C@H]2C1. The van der Waals surface area contributed by atoms with Gasteiger partial charge in [-0.2, -0.15) is 0 Å². The number of aromatic nitrogens is 4. The van der Waals surface area contributed by atoms with Crippen molar-refractivity contribution in [2.45, 2.75) is 19.0 Å². The number of carbonyl (C=O) groups excluding carboxylic acids is 2. The Labute approximate surface area is 109 Å². The number of fused-ring (bicyclic) bond motifs is 1. The molecule has 3 rings (SSSR count). The summed E-state index contributed by atoms with van der Waals surface area (Å²) in [7, 11) is 0. The molecule has 0 aliphatic carbocycles. The van der Waals surface area contributed by atoms with E-state index in [1.807, 2.05) is 0 Å². The first-order valence-corrected chi connectivity index (χ1v) is 6.16. The fraction of sp³-hybridized carbons (Fsp3) is 0.700. The van der Waals surface area contributed by atoms with E-state index in [0.717, 1.165) is 0 Å². The molecule has 102 valence electrons. The Hall–Kier alpha value is -2.19. The van der Waals surface area contributed by atoms with Crippen LogP contribution in [-0.2, 0) is 16.1 Å². The molecular formula is C10H14N6O3. The maximum Gasteiger partial charge on any atom is 0.410 e. The van der Waals surface area contributed by atoms with Crippen LogP contribution >= 0.6 is 0 Å². The highest BCUT2D eigenvalue weighted by Crippen LogP contribution is 2.18. The number of carbonyl (C=O) groups is 2. The van der Waals surface area contributed by atoms with Crippen molar-refractivity contribution in [3.8, 4) is 0 Å². The van der Waals surface area contributed by atoms with Crippen LogP contribution in [0.4, 0.5) is 4.79 Å². The van der Waals surface area contributed by atoms with Gasteiger partial charge in [-0.1, -0.05) is 0 Å². The number of nitrogens with zero attached hydrogens (tertiary/aromatic N) is 6. The third-order valence-corrected chi connectivity index (χ3v) is 3.42. The number of rotatable bonds is 3. The molecule has 1 aromatic rings. The zero-order valence-corrected chi connectivity index (χ0v) is 10.3. The normalized spacial score (nSPS) is 22.3. The van der Waals surface area contributed by atoms with Crippen molar-refractivity contribution in [3.63, 3.8) is 0 Å². The van der Waals surface area contributed by atoms with Gasteiger partial charge in [0.05, 0.1) is 12.6 Å². The number of tetrazole rings is 1. The van der Waals surface area contributed by atoms with Crippen LogP contribution in [0.1, 0.15) is 6.42 Å². The predicted molar refractivity (Wildman–Crippen MR) is 60.9 cm³/mol. The van der Waals surface area contributed by atoms with Gasteiger partial charge >= 0.3 is 6.09 Å². The second-order valence-electron chi connectivity index (χ2n) is 4.59. The Morgan fingerprint density at radius 2 is 2.37 bits per heavy atom. The average Bonchev–Trinajstić information content (AvgIpc) is 3.06. The zero-order chi connectivity index (χ0) is 13.2. The van der Waals surface area contributed by atoms with E-state index >= 15 is 0 Å². The summed E-state index contributed by atoms with van der Waals surface area (Å²) in [6, 6.07) is -0.00163. The topological polar surface area (TPSA) is 93.5 Å². The molecule has 0 saturated carbocycles. The minimum atomic E-state index is -0.272. The molecule has 1 atom stereocenters. The molecule has 0 aromatic carbocycles. The summed E-state index contributed by atoms with van der Waals surface area (Å²) in [6.07, 6.45) is 1.56. The molecule has 9 heteroatoms. The van der Waals surface area contributed by atoms with Crippen molar-refractivity contribution >= 4 is 12.0 Å². The first-order valence-electron chi connectivity index (χ1n) is 6.16. The quantitative estimate of drug-likeness (QED) is 0.677. The Balaban J connectivity index is 1.52. The largest absolute Gasteiger partial charge is 0.447 e. The van der Waals surface area contributed by atoms with E-state index in [1.165, 1.54) is 11.0 Å². The predicted octanol–water partition coefficient (Wildman–Crippen LogP) is -1.27. The number of piperazine rings is 1. The minimum Gasteiger partial charge on any atom is -0.447 e. The van der Waals surface area contributed by atoms with Crippen LogP contribution in [0.15, 0.2) is 6.33 Å². The molecule has 0 radical (unpaired) electrons. The Kier molecular flexibility index (Phi) is 3.02. The molecule has 3 heterocycles.